The number of anilines is 5. The summed E-state index contributed by atoms with van der Waals surface area (Å²) in [7, 11) is 2.57. The highest BCUT2D eigenvalue weighted by Gasteiger charge is 2.21. The summed E-state index contributed by atoms with van der Waals surface area (Å²) >= 11 is 13.7. The minimum atomic E-state index is -0.650. The molecule has 18 heteroatoms. The van der Waals surface area contributed by atoms with Gasteiger partial charge in [0.2, 0.25) is 16.4 Å². The summed E-state index contributed by atoms with van der Waals surface area (Å²) in [5.41, 5.74) is 6.60. The predicted molar refractivity (Wildman–Crippen MR) is 143 cm³/mol. The number of thiophene rings is 2. The van der Waals surface area contributed by atoms with Crippen LogP contribution in [0.25, 0.3) is 0 Å². The van der Waals surface area contributed by atoms with Crippen molar-refractivity contribution in [2.24, 2.45) is 0 Å². The summed E-state index contributed by atoms with van der Waals surface area (Å²) in [6, 6.07) is 3.31. The second-order valence-electron chi connectivity index (χ2n) is 6.63. The molecular formula is C20H16Cl2N8O6S2. The van der Waals surface area contributed by atoms with Crippen LogP contribution in [0.15, 0.2) is 35.3 Å². The maximum Gasteiger partial charge on any atom is 0.350 e. The van der Waals surface area contributed by atoms with Gasteiger partial charge >= 0.3 is 17.6 Å². The minimum absolute atomic E-state index is 0.0709. The molecule has 0 amide bonds. The third-order valence-electron chi connectivity index (χ3n) is 4.30. The van der Waals surface area contributed by atoms with E-state index >= 15 is 0 Å². The van der Waals surface area contributed by atoms with Crippen LogP contribution in [-0.2, 0) is 9.47 Å². The van der Waals surface area contributed by atoms with E-state index < -0.39 is 16.9 Å². The summed E-state index contributed by atoms with van der Waals surface area (Å²) in [5, 5.41) is 19.8. The molecule has 4 aromatic rings. The SMILES string of the molecule is COC(=O)c1sccc1Nc1nc(Cl)ncc1N.COC(=O)c1sccc1Nc1nc(Cl)ncc1[N+](=O)[O-]. The molecule has 0 fully saturated rings. The lowest BCUT2D eigenvalue weighted by molar-refractivity contribution is -0.384. The molecule has 0 spiro atoms. The quantitative estimate of drug-likeness (QED) is 0.112. The van der Waals surface area contributed by atoms with Crippen LogP contribution in [0.3, 0.4) is 0 Å². The summed E-state index contributed by atoms with van der Waals surface area (Å²) in [5.74, 6) is -0.728. The zero-order valence-electron chi connectivity index (χ0n) is 19.3. The van der Waals surface area contributed by atoms with Crippen molar-refractivity contribution in [1.29, 1.82) is 0 Å². The van der Waals surface area contributed by atoms with Gasteiger partial charge in [0.25, 0.3) is 0 Å². The number of nitrogens with zero attached hydrogens (tertiary/aromatic N) is 5. The number of hydrogen-bond acceptors (Lipinski definition) is 15. The van der Waals surface area contributed by atoms with Crippen molar-refractivity contribution < 1.29 is 24.0 Å². The van der Waals surface area contributed by atoms with Gasteiger partial charge in [-0.1, -0.05) is 0 Å². The molecule has 38 heavy (non-hydrogen) atoms. The van der Waals surface area contributed by atoms with Crippen LogP contribution in [-0.4, -0.2) is 51.0 Å². The Morgan fingerprint density at radius 3 is 1.89 bits per heavy atom. The van der Waals surface area contributed by atoms with Crippen LogP contribution in [0.2, 0.25) is 10.6 Å². The number of halogens is 2. The van der Waals surface area contributed by atoms with Crippen molar-refractivity contribution in [2.75, 3.05) is 30.6 Å². The molecule has 0 unspecified atom stereocenters. The summed E-state index contributed by atoms with van der Waals surface area (Å²) < 4.78 is 9.28. The zero-order valence-corrected chi connectivity index (χ0v) is 22.4. The van der Waals surface area contributed by atoms with E-state index in [0.29, 0.717) is 27.8 Å². The Morgan fingerprint density at radius 1 is 0.921 bits per heavy atom. The molecule has 4 rings (SSSR count). The van der Waals surface area contributed by atoms with Crippen molar-refractivity contribution in [3.63, 3.8) is 0 Å². The number of aromatic nitrogens is 4. The minimum Gasteiger partial charge on any atom is -0.465 e. The topological polar surface area (TPSA) is 197 Å². The number of nitrogens with one attached hydrogen (secondary N) is 2. The smallest absolute Gasteiger partial charge is 0.350 e. The van der Waals surface area contributed by atoms with Crippen molar-refractivity contribution in [1.82, 2.24) is 19.9 Å². The number of esters is 2. The molecule has 14 nitrogen and oxygen atoms in total. The average molecular weight is 599 g/mol. The molecule has 0 radical (unpaired) electrons. The van der Waals surface area contributed by atoms with E-state index in [9.17, 15) is 19.7 Å². The third kappa shape index (κ3) is 7.00. The van der Waals surface area contributed by atoms with E-state index in [-0.39, 0.29) is 26.9 Å². The van der Waals surface area contributed by atoms with Crippen molar-refractivity contribution in [3.8, 4) is 0 Å². The van der Waals surface area contributed by atoms with E-state index in [4.69, 9.17) is 28.9 Å². The van der Waals surface area contributed by atoms with Gasteiger partial charge in [-0.15, -0.1) is 22.7 Å². The highest BCUT2D eigenvalue weighted by atomic mass is 35.5. The van der Waals surface area contributed by atoms with Crippen molar-refractivity contribution >= 4 is 92.2 Å². The lowest BCUT2D eigenvalue weighted by atomic mass is 10.3. The van der Waals surface area contributed by atoms with Gasteiger partial charge in [0.05, 0.1) is 42.4 Å². The third-order valence-corrected chi connectivity index (χ3v) is 6.46. The average Bonchev–Trinajstić information content (AvgIpc) is 3.55. The summed E-state index contributed by atoms with van der Waals surface area (Å²) in [4.78, 5) is 49.0. The first kappa shape index (κ1) is 28.5. The van der Waals surface area contributed by atoms with Crippen molar-refractivity contribution in [3.05, 3.63) is 65.7 Å². The van der Waals surface area contributed by atoms with E-state index in [1.54, 1.807) is 22.9 Å². The second kappa shape index (κ2) is 12.9. The Balaban J connectivity index is 0.000000212. The van der Waals surface area contributed by atoms with E-state index in [1.807, 2.05) is 0 Å². The molecule has 4 heterocycles. The van der Waals surface area contributed by atoms with Crippen LogP contribution in [0.5, 0.6) is 0 Å². The van der Waals surface area contributed by atoms with Gasteiger partial charge in [-0.2, -0.15) is 9.97 Å². The number of carbonyl (C=O) groups excluding carboxylic acids is 2. The van der Waals surface area contributed by atoms with E-state index in [1.165, 1.54) is 31.8 Å². The first-order valence-electron chi connectivity index (χ1n) is 9.95. The molecule has 0 aromatic carbocycles. The zero-order chi connectivity index (χ0) is 27.8. The van der Waals surface area contributed by atoms with Crippen molar-refractivity contribution in [2.45, 2.75) is 0 Å². The highest BCUT2D eigenvalue weighted by molar-refractivity contribution is 7.13. The van der Waals surface area contributed by atoms with E-state index in [2.05, 4.69) is 40.0 Å². The monoisotopic (exact) mass is 598 g/mol. The number of nitrogens with two attached hydrogens (primary N) is 1. The maximum absolute atomic E-state index is 11.5. The first-order chi connectivity index (χ1) is 18.1. The predicted octanol–water partition coefficient (Wildman–Crippen LogP) is 4.93. The normalized spacial score (nSPS) is 10.1. The molecule has 0 atom stereocenters. The molecule has 4 N–H and O–H groups in total. The van der Waals surface area contributed by atoms with Gasteiger partial charge < -0.3 is 25.8 Å². The Hall–Kier alpha value is -4.12. The number of rotatable bonds is 7. The molecule has 198 valence electrons. The molecule has 0 saturated heterocycles. The lowest BCUT2D eigenvalue weighted by Crippen LogP contribution is -2.05. The molecule has 0 saturated carbocycles. The molecule has 0 aliphatic heterocycles. The van der Waals surface area contributed by atoms with Gasteiger partial charge in [0.15, 0.2) is 5.82 Å². The first-order valence-corrected chi connectivity index (χ1v) is 12.5. The van der Waals surface area contributed by atoms with Gasteiger partial charge in [-0.3, -0.25) is 10.1 Å². The number of methoxy groups -OCH3 is 2. The fraction of sp³-hybridized carbons (Fsp3) is 0.100. The van der Waals surface area contributed by atoms with Gasteiger partial charge in [-0.25, -0.2) is 19.6 Å². The Morgan fingerprint density at radius 2 is 1.39 bits per heavy atom. The van der Waals surface area contributed by atoms with E-state index in [0.717, 1.165) is 17.5 Å². The van der Waals surface area contributed by atoms with Gasteiger partial charge in [-0.05, 0) is 46.1 Å². The standard InChI is InChI=1S/C10H7ClN4O4S.C10H9ClN4O2S/c1-19-9(16)7-5(2-3-20-7)13-8-6(15(17)18)4-12-10(11)14-8;1-17-9(16)7-6(2-3-18-7)14-8-5(12)4-13-10(11)15-8/h2-4H,1H3,(H,12,13,14);2-4H,12H2,1H3,(H,13,14,15). The van der Waals surface area contributed by atoms with Crippen LogP contribution in [0.1, 0.15) is 19.3 Å². The lowest BCUT2D eigenvalue weighted by Gasteiger charge is -2.07. The number of nitrogen functional groups attached to an aromatic ring is 1. The maximum atomic E-state index is 11.5. The Bertz CT molecular complexity index is 1480. The summed E-state index contributed by atoms with van der Waals surface area (Å²) in [6.07, 6.45) is 2.38. The second-order valence-corrected chi connectivity index (χ2v) is 9.14. The molecule has 0 bridgehead atoms. The number of carbonyl (C=O) groups is 2. The van der Waals surface area contributed by atoms with Crippen LogP contribution in [0, 0.1) is 10.1 Å². The number of nitro groups is 1. The molecule has 0 aliphatic carbocycles. The molecule has 4 aromatic heterocycles. The fourth-order valence-electron chi connectivity index (χ4n) is 2.62. The van der Waals surface area contributed by atoms with Crippen LogP contribution in [0.4, 0.5) is 34.4 Å². The summed E-state index contributed by atoms with van der Waals surface area (Å²) in [6.45, 7) is 0. The Kier molecular flexibility index (Phi) is 9.66. The van der Waals surface area contributed by atoms with Crippen LogP contribution >= 0.6 is 45.9 Å². The largest absolute Gasteiger partial charge is 0.465 e. The fourth-order valence-corrected chi connectivity index (χ4v) is 4.42. The number of hydrogen-bond donors (Lipinski definition) is 3. The van der Waals surface area contributed by atoms with Gasteiger partial charge in [0, 0.05) is 0 Å². The van der Waals surface area contributed by atoms with Crippen LogP contribution < -0.4 is 16.4 Å². The van der Waals surface area contributed by atoms with Gasteiger partial charge in [0.1, 0.15) is 16.0 Å². The molecular weight excluding hydrogens is 583 g/mol. The Labute approximate surface area is 231 Å². The molecule has 0 aliphatic rings. The number of ether oxygens (including phenoxy) is 2. The highest BCUT2D eigenvalue weighted by Crippen LogP contribution is 2.31.